The van der Waals surface area contributed by atoms with Crippen molar-refractivity contribution < 1.29 is 14.3 Å². The number of hydrazine groups is 1. The van der Waals surface area contributed by atoms with Gasteiger partial charge in [0.2, 0.25) is 0 Å². The molecule has 1 fully saturated rings. The highest BCUT2D eigenvalue weighted by molar-refractivity contribution is 5.95. The smallest absolute Gasteiger partial charge is 0.265 e. The molecule has 1 atom stereocenters. The monoisotopic (exact) mass is 250 g/mol. The second-order valence-electron chi connectivity index (χ2n) is 4.28. The van der Waals surface area contributed by atoms with Gasteiger partial charge in [-0.3, -0.25) is 10.2 Å². The van der Waals surface area contributed by atoms with Crippen LogP contribution in [0.2, 0.25) is 0 Å². The van der Waals surface area contributed by atoms with Crippen LogP contribution < -0.4 is 11.3 Å². The summed E-state index contributed by atoms with van der Waals surface area (Å²) >= 11 is 0. The number of hydrogen-bond donors (Lipinski definition) is 2. The fraction of sp³-hybridized carbons (Fsp3) is 0.462. The summed E-state index contributed by atoms with van der Waals surface area (Å²) in [7, 11) is 0. The zero-order chi connectivity index (χ0) is 12.8. The number of nitrogen functional groups attached to an aromatic ring is 1. The maximum absolute atomic E-state index is 11.5. The Morgan fingerprint density at radius 3 is 3.06 bits per heavy atom. The van der Waals surface area contributed by atoms with Gasteiger partial charge in [-0.1, -0.05) is 18.2 Å². The van der Waals surface area contributed by atoms with Crippen LogP contribution >= 0.6 is 0 Å². The summed E-state index contributed by atoms with van der Waals surface area (Å²) in [5.41, 5.74) is 3.51. The number of carbonyl (C=O) groups excluding carboxylic acids is 1. The summed E-state index contributed by atoms with van der Waals surface area (Å²) in [5.74, 6) is 4.84. The van der Waals surface area contributed by atoms with E-state index in [1.807, 2.05) is 12.1 Å². The van der Waals surface area contributed by atoms with Gasteiger partial charge in [-0.25, -0.2) is 5.84 Å². The Hall–Kier alpha value is -1.43. The van der Waals surface area contributed by atoms with E-state index in [0.717, 1.165) is 25.0 Å². The average molecular weight is 250 g/mol. The molecule has 1 unspecified atom stereocenters. The lowest BCUT2D eigenvalue weighted by atomic mass is 10.1. The van der Waals surface area contributed by atoms with E-state index in [1.165, 1.54) is 0 Å². The molecule has 2 rings (SSSR count). The molecular weight excluding hydrogens is 232 g/mol. The first-order valence-electron chi connectivity index (χ1n) is 6.09. The van der Waals surface area contributed by atoms with Gasteiger partial charge in [-0.15, -0.1) is 0 Å². The molecule has 3 N–H and O–H groups in total. The van der Waals surface area contributed by atoms with Gasteiger partial charge in [0.05, 0.1) is 19.3 Å². The summed E-state index contributed by atoms with van der Waals surface area (Å²) in [5, 5.41) is 0. The summed E-state index contributed by atoms with van der Waals surface area (Å²) in [6.45, 7) is 1.78. The van der Waals surface area contributed by atoms with Crippen molar-refractivity contribution in [2.75, 3.05) is 13.2 Å². The largest absolute Gasteiger partial charge is 0.376 e. The fourth-order valence-corrected chi connectivity index (χ4v) is 2.02. The van der Waals surface area contributed by atoms with Crippen molar-refractivity contribution in [3.63, 3.8) is 0 Å². The molecule has 98 valence electrons. The molecule has 0 bridgehead atoms. The van der Waals surface area contributed by atoms with Crippen molar-refractivity contribution in [1.29, 1.82) is 0 Å². The van der Waals surface area contributed by atoms with Crippen LogP contribution in [-0.4, -0.2) is 25.2 Å². The van der Waals surface area contributed by atoms with Crippen molar-refractivity contribution in [2.24, 2.45) is 5.84 Å². The van der Waals surface area contributed by atoms with Crippen LogP contribution in [0.1, 0.15) is 28.8 Å². The van der Waals surface area contributed by atoms with E-state index in [9.17, 15) is 4.79 Å². The molecule has 0 saturated carbocycles. The molecule has 0 aliphatic carbocycles. The number of amides is 1. The predicted octanol–water partition coefficient (Wildman–Crippen LogP) is 0.986. The van der Waals surface area contributed by atoms with E-state index < -0.39 is 0 Å². The standard InChI is InChI=1S/C13H18N2O3/c14-15-13(16)12-6-2-1-4-10(12)8-17-9-11-5-3-7-18-11/h1-2,4,6,11H,3,5,7-9,14H2,(H,15,16). The highest BCUT2D eigenvalue weighted by Crippen LogP contribution is 2.14. The van der Waals surface area contributed by atoms with Gasteiger partial charge < -0.3 is 9.47 Å². The van der Waals surface area contributed by atoms with Gasteiger partial charge in [0, 0.05) is 12.2 Å². The van der Waals surface area contributed by atoms with Crippen LogP contribution in [0.5, 0.6) is 0 Å². The Morgan fingerprint density at radius 1 is 1.50 bits per heavy atom. The number of benzene rings is 1. The Bertz CT molecular complexity index is 403. The molecule has 1 aliphatic rings. The highest BCUT2D eigenvalue weighted by Gasteiger charge is 2.16. The van der Waals surface area contributed by atoms with Crippen molar-refractivity contribution in [2.45, 2.75) is 25.6 Å². The molecule has 18 heavy (non-hydrogen) atoms. The Labute approximate surface area is 106 Å². The summed E-state index contributed by atoms with van der Waals surface area (Å²) < 4.78 is 11.1. The van der Waals surface area contributed by atoms with Crippen LogP contribution in [0.15, 0.2) is 24.3 Å². The fourth-order valence-electron chi connectivity index (χ4n) is 2.02. The normalized spacial score (nSPS) is 18.8. The molecule has 1 saturated heterocycles. The number of ether oxygens (including phenoxy) is 2. The Kier molecular flexibility index (Phi) is 4.69. The first-order valence-corrected chi connectivity index (χ1v) is 6.09. The van der Waals surface area contributed by atoms with Gasteiger partial charge in [0.1, 0.15) is 0 Å². The maximum atomic E-state index is 11.5. The molecule has 1 aromatic carbocycles. The summed E-state index contributed by atoms with van der Waals surface area (Å²) in [6, 6.07) is 7.26. The van der Waals surface area contributed by atoms with Crippen molar-refractivity contribution in [3.05, 3.63) is 35.4 Å². The minimum atomic E-state index is -0.300. The molecule has 5 heteroatoms. The Morgan fingerprint density at radius 2 is 2.33 bits per heavy atom. The van der Waals surface area contributed by atoms with Gasteiger partial charge >= 0.3 is 0 Å². The zero-order valence-electron chi connectivity index (χ0n) is 10.2. The van der Waals surface area contributed by atoms with E-state index in [0.29, 0.717) is 18.8 Å². The first-order chi connectivity index (χ1) is 8.81. The van der Waals surface area contributed by atoms with Crippen LogP contribution in [0.4, 0.5) is 0 Å². The van der Waals surface area contributed by atoms with Gasteiger partial charge in [0.25, 0.3) is 5.91 Å². The van der Waals surface area contributed by atoms with Gasteiger partial charge in [0.15, 0.2) is 0 Å². The number of carbonyl (C=O) groups is 1. The molecule has 5 nitrogen and oxygen atoms in total. The van der Waals surface area contributed by atoms with Crippen molar-refractivity contribution in [3.8, 4) is 0 Å². The summed E-state index contributed by atoms with van der Waals surface area (Å²) in [6.07, 6.45) is 2.34. The molecule has 1 aliphatic heterocycles. The van der Waals surface area contributed by atoms with Crippen molar-refractivity contribution >= 4 is 5.91 Å². The minimum Gasteiger partial charge on any atom is -0.376 e. The molecule has 0 spiro atoms. The van der Waals surface area contributed by atoms with E-state index in [1.54, 1.807) is 12.1 Å². The molecule has 0 radical (unpaired) electrons. The third-order valence-electron chi connectivity index (χ3n) is 2.98. The highest BCUT2D eigenvalue weighted by atomic mass is 16.5. The maximum Gasteiger partial charge on any atom is 0.265 e. The second-order valence-corrected chi connectivity index (χ2v) is 4.28. The van der Waals surface area contributed by atoms with E-state index in [2.05, 4.69) is 5.43 Å². The first kappa shape index (κ1) is 13.0. The van der Waals surface area contributed by atoms with Gasteiger partial charge in [-0.2, -0.15) is 0 Å². The number of nitrogens with two attached hydrogens (primary N) is 1. The molecular formula is C13H18N2O3. The molecule has 0 aromatic heterocycles. The third-order valence-corrected chi connectivity index (χ3v) is 2.98. The predicted molar refractivity (Wildman–Crippen MR) is 66.7 cm³/mol. The SMILES string of the molecule is NNC(=O)c1ccccc1COCC1CCCO1. The Balaban J connectivity index is 1.89. The minimum absolute atomic E-state index is 0.195. The van der Waals surface area contributed by atoms with Crippen molar-refractivity contribution in [1.82, 2.24) is 5.43 Å². The quantitative estimate of drug-likeness (QED) is 0.464. The van der Waals surface area contributed by atoms with Gasteiger partial charge in [-0.05, 0) is 24.5 Å². The average Bonchev–Trinajstić information content (AvgIpc) is 2.92. The van der Waals surface area contributed by atoms with E-state index in [-0.39, 0.29) is 12.0 Å². The van der Waals surface area contributed by atoms with Crippen LogP contribution in [0, 0.1) is 0 Å². The number of nitrogens with one attached hydrogen (secondary N) is 1. The molecule has 1 aromatic rings. The molecule has 1 heterocycles. The third kappa shape index (κ3) is 3.29. The second kappa shape index (κ2) is 6.49. The van der Waals surface area contributed by atoms with E-state index in [4.69, 9.17) is 15.3 Å². The number of rotatable bonds is 5. The van der Waals surface area contributed by atoms with Crippen LogP contribution in [-0.2, 0) is 16.1 Å². The molecule has 1 amide bonds. The lowest BCUT2D eigenvalue weighted by Gasteiger charge is -2.12. The number of hydrogen-bond acceptors (Lipinski definition) is 4. The lowest BCUT2D eigenvalue weighted by Crippen LogP contribution is -2.30. The topological polar surface area (TPSA) is 73.6 Å². The van der Waals surface area contributed by atoms with Crippen LogP contribution in [0.3, 0.4) is 0 Å². The zero-order valence-corrected chi connectivity index (χ0v) is 10.2. The van der Waals surface area contributed by atoms with E-state index >= 15 is 0 Å². The summed E-state index contributed by atoms with van der Waals surface area (Å²) in [4.78, 5) is 11.5. The lowest BCUT2D eigenvalue weighted by molar-refractivity contribution is 0.0104. The van der Waals surface area contributed by atoms with Crippen LogP contribution in [0.25, 0.3) is 0 Å².